The molecule has 1 aromatic rings. The Hall–Kier alpha value is -3.06. The van der Waals surface area contributed by atoms with Crippen LogP contribution in [0.2, 0.25) is 0 Å². The zero-order chi connectivity index (χ0) is 26.4. The lowest BCUT2D eigenvalue weighted by Gasteiger charge is -2.39. The number of carbonyl (C=O) groups is 2. The van der Waals surface area contributed by atoms with Gasteiger partial charge in [-0.2, -0.15) is 0 Å². The van der Waals surface area contributed by atoms with Crippen LogP contribution in [0.3, 0.4) is 0 Å². The second-order valence-electron chi connectivity index (χ2n) is 8.54. The molecule has 36 heavy (non-hydrogen) atoms. The van der Waals surface area contributed by atoms with Crippen LogP contribution in [-0.4, -0.2) is 93.6 Å². The maximum Gasteiger partial charge on any atom is 0.334 e. The fourth-order valence-electron chi connectivity index (χ4n) is 3.75. The molecule has 0 bridgehead atoms. The Kier molecular flexibility index (Phi) is 9.37. The second kappa shape index (κ2) is 12.3. The molecule has 0 unspecified atom stereocenters. The van der Waals surface area contributed by atoms with E-state index in [9.17, 15) is 35.1 Å². The highest BCUT2D eigenvalue weighted by Gasteiger charge is 2.44. The summed E-state index contributed by atoms with van der Waals surface area (Å²) >= 11 is 0. The Bertz CT molecular complexity index is 998. The highest BCUT2D eigenvalue weighted by molar-refractivity contribution is 5.91. The number of cyclic esters (lactones) is 1. The van der Waals surface area contributed by atoms with Gasteiger partial charge in [0.15, 0.2) is 12.4 Å². The second-order valence-corrected chi connectivity index (χ2v) is 8.54. The first-order valence-electron chi connectivity index (χ1n) is 11.3. The molecule has 0 radical (unpaired) electrons. The standard InChI is InChI=1S/C25H30O11/c1-13(2)23(36-19(28)8-5-14-3-6-16(27)7-4-14)17-11-15(24(32)34-17)9-10-33-25-22(31)21(30)20(29)18(12-26)35-25/h3-9,17-18,20-23,25-27,29-31H,1,10-12H2,2H3/b8-5+,15-9-/t17-,18+,20+,21-,22+,23+,25+/m0/s1. The first-order chi connectivity index (χ1) is 17.1. The van der Waals surface area contributed by atoms with Gasteiger partial charge in [0.1, 0.15) is 36.3 Å². The molecule has 0 saturated carbocycles. The first kappa shape index (κ1) is 27.5. The third-order valence-corrected chi connectivity index (χ3v) is 5.75. The topological polar surface area (TPSA) is 172 Å². The average Bonchev–Trinajstić information content (AvgIpc) is 3.21. The summed E-state index contributed by atoms with van der Waals surface area (Å²) in [5, 5.41) is 48.2. The van der Waals surface area contributed by atoms with E-state index in [4.69, 9.17) is 18.9 Å². The van der Waals surface area contributed by atoms with E-state index in [2.05, 4.69) is 6.58 Å². The number of aliphatic hydroxyl groups is 4. The lowest BCUT2D eigenvalue weighted by molar-refractivity contribution is -0.298. The molecule has 11 heteroatoms. The van der Waals surface area contributed by atoms with E-state index in [0.717, 1.165) is 0 Å². The van der Waals surface area contributed by atoms with Crippen LogP contribution in [0.15, 0.2) is 54.1 Å². The van der Waals surface area contributed by atoms with Gasteiger partial charge in [-0.15, -0.1) is 0 Å². The Morgan fingerprint density at radius 1 is 1.19 bits per heavy atom. The van der Waals surface area contributed by atoms with Gasteiger partial charge in [0, 0.05) is 18.1 Å². The summed E-state index contributed by atoms with van der Waals surface area (Å²) in [7, 11) is 0. The number of esters is 2. The molecular weight excluding hydrogens is 476 g/mol. The zero-order valence-corrected chi connectivity index (χ0v) is 19.6. The number of ether oxygens (including phenoxy) is 4. The SMILES string of the molecule is C=C(C)[C@@H](OC(=O)/C=C/c1ccc(O)cc1)[C@@H]1C/C(=C/CO[C@@H]2O[C@H](CO)[C@@H](O)[C@H](O)[C@H]2O)C(=O)O1. The Labute approximate surface area is 207 Å². The third kappa shape index (κ3) is 6.78. The molecular formula is C25H30O11. The molecule has 2 fully saturated rings. The van der Waals surface area contributed by atoms with Crippen molar-refractivity contribution in [2.24, 2.45) is 0 Å². The van der Waals surface area contributed by atoms with E-state index in [1.807, 2.05) is 0 Å². The predicted molar refractivity (Wildman–Crippen MR) is 124 cm³/mol. The molecule has 0 amide bonds. The molecule has 0 spiro atoms. The third-order valence-electron chi connectivity index (χ3n) is 5.75. The van der Waals surface area contributed by atoms with Gasteiger partial charge >= 0.3 is 11.9 Å². The number of aliphatic hydroxyl groups excluding tert-OH is 4. The molecule has 7 atom stereocenters. The number of phenols is 1. The van der Waals surface area contributed by atoms with Crippen molar-refractivity contribution in [3.05, 3.63) is 59.7 Å². The minimum absolute atomic E-state index is 0.0996. The van der Waals surface area contributed by atoms with Crippen molar-refractivity contribution in [3.63, 3.8) is 0 Å². The van der Waals surface area contributed by atoms with Gasteiger partial charge < -0.3 is 44.5 Å². The minimum atomic E-state index is -1.58. The van der Waals surface area contributed by atoms with E-state index in [1.54, 1.807) is 19.1 Å². The van der Waals surface area contributed by atoms with E-state index in [1.165, 1.54) is 30.4 Å². The average molecular weight is 507 g/mol. The molecule has 2 saturated heterocycles. The minimum Gasteiger partial charge on any atom is -0.508 e. The number of phenolic OH excluding ortho intramolecular Hbond substituents is 1. The highest BCUT2D eigenvalue weighted by Crippen LogP contribution is 2.28. The maximum atomic E-state index is 12.3. The summed E-state index contributed by atoms with van der Waals surface area (Å²) in [6.07, 6.45) is -4.58. The van der Waals surface area contributed by atoms with Crippen LogP contribution in [0.25, 0.3) is 6.08 Å². The lowest BCUT2D eigenvalue weighted by Crippen LogP contribution is -2.59. The molecule has 0 aromatic heterocycles. The largest absolute Gasteiger partial charge is 0.508 e. The summed E-state index contributed by atoms with van der Waals surface area (Å²) < 4.78 is 21.5. The molecule has 196 valence electrons. The fourth-order valence-corrected chi connectivity index (χ4v) is 3.75. The van der Waals surface area contributed by atoms with Crippen LogP contribution < -0.4 is 0 Å². The van der Waals surface area contributed by atoms with Crippen molar-refractivity contribution in [1.29, 1.82) is 0 Å². The van der Waals surface area contributed by atoms with Crippen molar-refractivity contribution < 1.29 is 54.1 Å². The molecule has 2 aliphatic heterocycles. The Morgan fingerprint density at radius 3 is 2.53 bits per heavy atom. The van der Waals surface area contributed by atoms with Crippen molar-refractivity contribution in [2.75, 3.05) is 13.2 Å². The lowest BCUT2D eigenvalue weighted by atomic mass is 9.99. The van der Waals surface area contributed by atoms with E-state index in [0.29, 0.717) is 11.1 Å². The summed E-state index contributed by atoms with van der Waals surface area (Å²) in [6.45, 7) is 4.66. The van der Waals surface area contributed by atoms with Gasteiger partial charge in [-0.3, -0.25) is 0 Å². The van der Waals surface area contributed by atoms with Crippen LogP contribution in [0.5, 0.6) is 5.75 Å². The van der Waals surface area contributed by atoms with Gasteiger partial charge in [0.05, 0.1) is 13.2 Å². The molecule has 3 rings (SSSR count). The smallest absolute Gasteiger partial charge is 0.334 e. The van der Waals surface area contributed by atoms with Gasteiger partial charge in [0.2, 0.25) is 0 Å². The monoisotopic (exact) mass is 506 g/mol. The van der Waals surface area contributed by atoms with Crippen LogP contribution in [0.4, 0.5) is 0 Å². The number of benzene rings is 1. The number of carbonyl (C=O) groups excluding carboxylic acids is 2. The van der Waals surface area contributed by atoms with Crippen LogP contribution >= 0.6 is 0 Å². The molecule has 2 heterocycles. The van der Waals surface area contributed by atoms with Crippen molar-refractivity contribution in [2.45, 2.75) is 56.3 Å². The van der Waals surface area contributed by atoms with Gasteiger partial charge in [-0.25, -0.2) is 9.59 Å². The van der Waals surface area contributed by atoms with Crippen LogP contribution in [0.1, 0.15) is 18.9 Å². The molecule has 5 N–H and O–H groups in total. The summed E-state index contributed by atoms with van der Waals surface area (Å²) in [5.74, 6) is -1.21. The first-order valence-corrected chi connectivity index (χ1v) is 11.3. The maximum absolute atomic E-state index is 12.3. The number of aromatic hydroxyl groups is 1. The molecule has 0 aliphatic carbocycles. The Balaban J connectivity index is 1.57. The van der Waals surface area contributed by atoms with Crippen molar-refractivity contribution in [3.8, 4) is 5.75 Å². The Morgan fingerprint density at radius 2 is 1.89 bits per heavy atom. The number of rotatable bonds is 9. The molecule has 11 nitrogen and oxygen atoms in total. The van der Waals surface area contributed by atoms with Gasteiger partial charge in [-0.1, -0.05) is 18.7 Å². The normalized spacial score (nSPS) is 30.4. The zero-order valence-electron chi connectivity index (χ0n) is 19.6. The quantitative estimate of drug-likeness (QED) is 0.173. The summed E-state index contributed by atoms with van der Waals surface area (Å²) in [4.78, 5) is 24.7. The van der Waals surface area contributed by atoms with Crippen LogP contribution in [0, 0.1) is 0 Å². The summed E-state index contributed by atoms with van der Waals surface area (Å²) in [6, 6.07) is 6.21. The van der Waals surface area contributed by atoms with E-state index in [-0.39, 0.29) is 24.4 Å². The fraction of sp³-hybridized carbons (Fsp3) is 0.440. The summed E-state index contributed by atoms with van der Waals surface area (Å²) in [5.41, 5.74) is 1.39. The molecule has 2 aliphatic rings. The van der Waals surface area contributed by atoms with Crippen molar-refractivity contribution >= 4 is 18.0 Å². The number of hydrogen-bond acceptors (Lipinski definition) is 11. The van der Waals surface area contributed by atoms with Gasteiger partial charge in [-0.05, 0) is 42.3 Å². The van der Waals surface area contributed by atoms with E-state index >= 15 is 0 Å². The predicted octanol–water partition coefficient (Wildman–Crippen LogP) is -0.0483. The van der Waals surface area contributed by atoms with Crippen molar-refractivity contribution in [1.82, 2.24) is 0 Å². The van der Waals surface area contributed by atoms with E-state index < -0.39 is 61.5 Å². The van der Waals surface area contributed by atoms with Crippen LogP contribution in [-0.2, 0) is 28.5 Å². The number of hydrogen-bond donors (Lipinski definition) is 5. The van der Waals surface area contributed by atoms with Gasteiger partial charge in [0.25, 0.3) is 0 Å². The molecule has 1 aromatic carbocycles. The highest BCUT2D eigenvalue weighted by atomic mass is 16.7.